The van der Waals surface area contributed by atoms with Crippen molar-refractivity contribution in [2.45, 2.75) is 19.6 Å². The van der Waals surface area contributed by atoms with Crippen LogP contribution in [0.3, 0.4) is 0 Å². The van der Waals surface area contributed by atoms with Crippen LogP contribution >= 0.6 is 11.8 Å². The Hall–Kier alpha value is -2.73. The van der Waals surface area contributed by atoms with Gasteiger partial charge in [-0.25, -0.2) is 4.98 Å². The van der Waals surface area contributed by atoms with Crippen LogP contribution in [-0.4, -0.2) is 47.7 Å². The molecular formula is C24H27N3O2S. The summed E-state index contributed by atoms with van der Waals surface area (Å²) in [6.07, 6.45) is 1.68. The van der Waals surface area contributed by atoms with Crippen LogP contribution in [0.2, 0.25) is 0 Å². The summed E-state index contributed by atoms with van der Waals surface area (Å²) in [5.41, 5.74) is 5.76. The van der Waals surface area contributed by atoms with Crippen LogP contribution in [0.4, 0.5) is 5.69 Å². The lowest BCUT2D eigenvalue weighted by Gasteiger charge is -2.37. The van der Waals surface area contributed by atoms with Crippen LogP contribution in [0.1, 0.15) is 16.8 Å². The van der Waals surface area contributed by atoms with Gasteiger partial charge in [-0.2, -0.15) is 0 Å². The summed E-state index contributed by atoms with van der Waals surface area (Å²) in [6, 6.07) is 16.3. The van der Waals surface area contributed by atoms with Gasteiger partial charge in [0.15, 0.2) is 0 Å². The Morgan fingerprint density at radius 3 is 2.57 bits per heavy atom. The van der Waals surface area contributed by atoms with Crippen molar-refractivity contribution in [2.24, 2.45) is 0 Å². The Bertz CT molecular complexity index is 995. The Morgan fingerprint density at radius 2 is 1.80 bits per heavy atom. The lowest BCUT2D eigenvalue weighted by atomic mass is 10.1. The average Bonchev–Trinajstić information content (AvgIpc) is 3.25. The number of thioether (sulfide) groups is 1. The number of carbonyl (C=O) groups is 1. The molecule has 0 aliphatic carbocycles. The fraction of sp³-hybridized carbons (Fsp3) is 0.333. The number of anilines is 1. The topological polar surface area (TPSA) is 49.6 Å². The second-order valence-corrected chi connectivity index (χ2v) is 8.58. The molecule has 2 heterocycles. The molecule has 4 rings (SSSR count). The van der Waals surface area contributed by atoms with Gasteiger partial charge in [0.05, 0.1) is 11.4 Å². The number of hydrogen-bond donors (Lipinski definition) is 0. The van der Waals surface area contributed by atoms with Crippen LogP contribution in [0, 0.1) is 13.8 Å². The van der Waals surface area contributed by atoms with Gasteiger partial charge in [0.2, 0.25) is 11.8 Å². The van der Waals surface area contributed by atoms with E-state index in [0.29, 0.717) is 17.4 Å². The lowest BCUT2D eigenvalue weighted by Crippen LogP contribution is -2.49. The van der Waals surface area contributed by atoms with Gasteiger partial charge in [-0.05, 0) is 43.2 Å². The van der Waals surface area contributed by atoms with Crippen molar-refractivity contribution in [2.75, 3.05) is 36.8 Å². The number of nitrogens with zero attached hydrogens (tertiary/aromatic N) is 3. The molecule has 0 saturated carbocycles. The first-order chi connectivity index (χ1) is 14.6. The quantitative estimate of drug-likeness (QED) is 0.585. The first-order valence-corrected chi connectivity index (χ1v) is 11.4. The second kappa shape index (κ2) is 9.39. The van der Waals surface area contributed by atoms with Gasteiger partial charge in [0, 0.05) is 43.2 Å². The highest BCUT2D eigenvalue weighted by atomic mass is 32.2. The van der Waals surface area contributed by atoms with Gasteiger partial charge in [0.25, 0.3) is 0 Å². The minimum absolute atomic E-state index is 0.201. The number of carbonyl (C=O) groups excluding carboxylic acids is 1. The van der Waals surface area contributed by atoms with E-state index in [9.17, 15) is 4.79 Å². The second-order valence-electron chi connectivity index (χ2n) is 7.59. The molecule has 1 fully saturated rings. The summed E-state index contributed by atoms with van der Waals surface area (Å²) in [5, 5.41) is 0. The molecule has 3 aromatic rings. The zero-order valence-corrected chi connectivity index (χ0v) is 18.3. The third-order valence-corrected chi connectivity index (χ3v) is 6.55. The normalized spacial score (nSPS) is 14.2. The standard InChI is InChI=1S/C24H27N3O2S/c1-18-7-6-10-22(19(18)2)26-11-13-27(14-12-26)23(28)17-30-16-21-15-29-24(25-21)20-8-4-3-5-9-20/h3-10,15H,11-14,16-17H2,1-2H3. The summed E-state index contributed by atoms with van der Waals surface area (Å²) >= 11 is 1.59. The zero-order chi connectivity index (χ0) is 20.9. The Morgan fingerprint density at radius 1 is 1.03 bits per heavy atom. The molecule has 0 radical (unpaired) electrons. The largest absolute Gasteiger partial charge is 0.444 e. The summed E-state index contributed by atoms with van der Waals surface area (Å²) < 4.78 is 5.57. The first kappa shape index (κ1) is 20.5. The summed E-state index contributed by atoms with van der Waals surface area (Å²) in [4.78, 5) is 21.5. The molecule has 0 unspecified atom stereocenters. The maximum absolute atomic E-state index is 12.6. The number of aryl methyl sites for hydroxylation is 1. The minimum atomic E-state index is 0.201. The van der Waals surface area contributed by atoms with Gasteiger partial charge in [0.1, 0.15) is 6.26 Å². The van der Waals surface area contributed by atoms with E-state index in [1.807, 2.05) is 35.2 Å². The highest BCUT2D eigenvalue weighted by Crippen LogP contribution is 2.24. The first-order valence-electron chi connectivity index (χ1n) is 10.3. The van der Waals surface area contributed by atoms with Crippen LogP contribution in [0.25, 0.3) is 11.5 Å². The number of rotatable bonds is 6. The van der Waals surface area contributed by atoms with E-state index in [2.05, 4.69) is 41.9 Å². The van der Waals surface area contributed by atoms with E-state index in [-0.39, 0.29) is 5.91 Å². The molecule has 1 saturated heterocycles. The average molecular weight is 422 g/mol. The van der Waals surface area contributed by atoms with E-state index in [0.717, 1.165) is 37.4 Å². The molecule has 0 atom stereocenters. The Kier molecular flexibility index (Phi) is 6.43. The number of amides is 1. The van der Waals surface area contributed by atoms with E-state index in [1.165, 1.54) is 16.8 Å². The minimum Gasteiger partial charge on any atom is -0.444 e. The third-order valence-electron chi connectivity index (χ3n) is 5.60. The molecule has 0 bridgehead atoms. The Balaban J connectivity index is 1.24. The zero-order valence-electron chi connectivity index (χ0n) is 17.5. The molecule has 5 nitrogen and oxygen atoms in total. The van der Waals surface area contributed by atoms with Crippen LogP contribution < -0.4 is 4.90 Å². The van der Waals surface area contributed by atoms with E-state index in [1.54, 1.807) is 18.0 Å². The SMILES string of the molecule is Cc1cccc(N2CCN(C(=O)CSCc3coc(-c4ccccc4)n3)CC2)c1C. The highest BCUT2D eigenvalue weighted by molar-refractivity contribution is 7.99. The van der Waals surface area contributed by atoms with E-state index >= 15 is 0 Å². The summed E-state index contributed by atoms with van der Waals surface area (Å²) in [6.45, 7) is 7.62. The van der Waals surface area contributed by atoms with Crippen LogP contribution in [0.15, 0.2) is 59.2 Å². The van der Waals surface area contributed by atoms with Crippen molar-refractivity contribution in [3.63, 3.8) is 0 Å². The number of piperazine rings is 1. The molecule has 156 valence electrons. The van der Waals surface area contributed by atoms with Crippen molar-refractivity contribution >= 4 is 23.4 Å². The maximum atomic E-state index is 12.6. The van der Waals surface area contributed by atoms with Gasteiger partial charge in [-0.15, -0.1) is 11.8 Å². The van der Waals surface area contributed by atoms with Crippen LogP contribution in [-0.2, 0) is 10.5 Å². The fourth-order valence-electron chi connectivity index (χ4n) is 3.70. The summed E-state index contributed by atoms with van der Waals surface area (Å²) in [7, 11) is 0. The molecule has 1 aliphatic rings. The maximum Gasteiger partial charge on any atom is 0.232 e. The van der Waals surface area contributed by atoms with Crippen molar-refractivity contribution in [1.82, 2.24) is 9.88 Å². The molecule has 1 aliphatic heterocycles. The molecule has 2 aromatic carbocycles. The fourth-order valence-corrected chi connectivity index (χ4v) is 4.50. The number of oxazole rings is 1. The molecule has 0 N–H and O–H groups in total. The number of benzene rings is 2. The number of aromatic nitrogens is 1. The molecule has 30 heavy (non-hydrogen) atoms. The smallest absolute Gasteiger partial charge is 0.232 e. The van der Waals surface area contributed by atoms with Crippen LogP contribution in [0.5, 0.6) is 0 Å². The van der Waals surface area contributed by atoms with Crippen molar-refractivity contribution < 1.29 is 9.21 Å². The summed E-state index contributed by atoms with van der Waals surface area (Å²) in [5.74, 6) is 1.97. The third kappa shape index (κ3) is 4.70. The van der Waals surface area contributed by atoms with Gasteiger partial charge < -0.3 is 14.2 Å². The number of hydrogen-bond acceptors (Lipinski definition) is 5. The van der Waals surface area contributed by atoms with Crippen molar-refractivity contribution in [3.8, 4) is 11.5 Å². The predicted octanol–water partition coefficient (Wildman–Crippen LogP) is 4.54. The van der Waals surface area contributed by atoms with Crippen molar-refractivity contribution in [3.05, 3.63) is 71.6 Å². The van der Waals surface area contributed by atoms with Crippen molar-refractivity contribution in [1.29, 1.82) is 0 Å². The monoisotopic (exact) mass is 421 g/mol. The molecule has 6 heteroatoms. The van der Waals surface area contributed by atoms with E-state index in [4.69, 9.17) is 4.42 Å². The van der Waals surface area contributed by atoms with Gasteiger partial charge in [-0.3, -0.25) is 4.79 Å². The highest BCUT2D eigenvalue weighted by Gasteiger charge is 2.22. The van der Waals surface area contributed by atoms with Gasteiger partial charge in [-0.1, -0.05) is 30.3 Å². The predicted molar refractivity (Wildman–Crippen MR) is 123 cm³/mol. The molecule has 1 amide bonds. The molecule has 0 spiro atoms. The molecule has 1 aromatic heterocycles. The molecular weight excluding hydrogens is 394 g/mol. The van der Waals surface area contributed by atoms with Gasteiger partial charge >= 0.3 is 0 Å². The van der Waals surface area contributed by atoms with E-state index < -0.39 is 0 Å². The lowest BCUT2D eigenvalue weighted by molar-refractivity contribution is -0.128. The Labute approximate surface area is 182 Å².